The molecule has 0 amide bonds. The van der Waals surface area contributed by atoms with Crippen LogP contribution in [0.25, 0.3) is 242 Å². The molecule has 0 aliphatic rings. The van der Waals surface area contributed by atoms with Gasteiger partial charge in [0.2, 0.25) is 5.95 Å². The zero-order chi connectivity index (χ0) is 69.4. The summed E-state index contributed by atoms with van der Waals surface area (Å²) in [6.07, 6.45) is 0. The van der Waals surface area contributed by atoms with Crippen LogP contribution in [0.1, 0.15) is 0 Å². The highest BCUT2D eigenvalue weighted by Crippen LogP contribution is 2.51. The van der Waals surface area contributed by atoms with Crippen LogP contribution in [0.3, 0.4) is 0 Å². The third kappa shape index (κ3) is 7.79. The molecule has 0 bridgehead atoms. The van der Waals surface area contributed by atoms with Gasteiger partial charge in [0.1, 0.15) is 11.1 Å². The molecule has 0 saturated carbocycles. The molecule has 0 radical (unpaired) electrons. The standard InChI is InChI=1S/C98H54N8O/c1-2-18-55(19-3-1)62-46-48-82-75(50-62)87-84(53-73-66-22-7-13-29-78(66)103-80-31-15-9-25-69(80)89(87)93(73)103)105(82)97-95-92(71-27-11-17-33-86(71)107-95)100-96(102-97)61-43-38-57(39-44-61)56-34-36-58(37-35-56)63-47-49-83-76(51-63)88-85(54-74-67-23-8-14-30-79(67)104-81-32-16-10-26-70(81)90(88)94(74)104)106(83)98-99-77-28-12-6-24-68(77)91(101-98)64-45-42-60-41-40-59-20-4-5-21-65(59)72(60)52-64/h1-54H. The number of hydrogen-bond acceptors (Lipinski definition) is 5. The van der Waals surface area contributed by atoms with Gasteiger partial charge in [-0.3, -0.25) is 9.13 Å². The number of nitrogens with zero attached hydrogens (tertiary/aromatic N) is 8. The lowest BCUT2D eigenvalue weighted by atomic mass is 9.97. The van der Waals surface area contributed by atoms with Crippen molar-refractivity contribution >= 4 is 174 Å². The summed E-state index contributed by atoms with van der Waals surface area (Å²) in [4.78, 5) is 22.4. The van der Waals surface area contributed by atoms with Gasteiger partial charge in [-0.1, -0.05) is 243 Å². The monoisotopic (exact) mass is 1360 g/mol. The number of rotatable bonds is 7. The molecule has 9 nitrogen and oxygen atoms in total. The number of hydrogen-bond donors (Lipinski definition) is 0. The minimum atomic E-state index is 0.608. The molecule has 0 unspecified atom stereocenters. The molecule has 0 aliphatic carbocycles. The van der Waals surface area contributed by atoms with Gasteiger partial charge in [-0.05, 0) is 140 Å². The molecule has 25 rings (SSSR count). The van der Waals surface area contributed by atoms with Gasteiger partial charge in [0.15, 0.2) is 17.2 Å². The fourth-order valence-electron chi connectivity index (χ4n) is 18.5. The summed E-state index contributed by atoms with van der Waals surface area (Å²) in [7, 11) is 0. The lowest BCUT2D eigenvalue weighted by Crippen LogP contribution is -2.03. The van der Waals surface area contributed by atoms with Crippen molar-refractivity contribution in [2.24, 2.45) is 0 Å². The molecular weight excluding hydrogens is 1310 g/mol. The second-order valence-electron chi connectivity index (χ2n) is 28.7. The second kappa shape index (κ2) is 21.1. The third-order valence-corrected chi connectivity index (χ3v) is 23.2. The van der Waals surface area contributed by atoms with Gasteiger partial charge in [0.05, 0.1) is 66.4 Å². The Bertz CT molecular complexity index is 8180. The highest BCUT2D eigenvalue weighted by atomic mass is 16.3. The maximum absolute atomic E-state index is 6.98. The van der Waals surface area contributed by atoms with E-state index in [9.17, 15) is 0 Å². The molecule has 0 spiro atoms. The Labute approximate surface area is 608 Å². The van der Waals surface area contributed by atoms with Gasteiger partial charge in [-0.2, -0.15) is 0 Å². The average Bonchev–Trinajstić information content (AvgIpc) is 1.52. The van der Waals surface area contributed by atoms with Crippen LogP contribution in [0.4, 0.5) is 0 Å². The fraction of sp³-hybridized carbons (Fsp3) is 0. The Hall–Kier alpha value is -14.5. The molecule has 492 valence electrons. The van der Waals surface area contributed by atoms with E-state index in [4.69, 9.17) is 24.4 Å². The van der Waals surface area contributed by atoms with E-state index in [-0.39, 0.29) is 0 Å². The Balaban J connectivity index is 0.642. The van der Waals surface area contributed by atoms with Crippen LogP contribution in [0.5, 0.6) is 0 Å². The van der Waals surface area contributed by atoms with Crippen LogP contribution in [0.2, 0.25) is 0 Å². The van der Waals surface area contributed by atoms with Crippen LogP contribution in [0.15, 0.2) is 332 Å². The Kier molecular flexibility index (Phi) is 11.2. The second-order valence-corrected chi connectivity index (χ2v) is 28.7. The SMILES string of the molecule is c1ccc(-c2ccc3c(c2)c2c4c5ccccc5n5c6ccccc6c(cc2n3-c2nc(-c3ccc(-c6ccc(-c7ccc8c(c7)c7c9c%10ccccc%10n%10c%11ccccc%11c(cc7n8-c7nc(-c8ccc%11ccc%12ccccc%12c%11c8)c8ccccc8n7)c9%10)cc6)cc3)nc3c2oc2ccccc23)c45)cc1. The largest absolute Gasteiger partial charge is 0.450 e. The van der Waals surface area contributed by atoms with Crippen molar-refractivity contribution in [3.8, 4) is 67.8 Å². The first kappa shape index (κ1) is 57.0. The first-order valence-corrected chi connectivity index (χ1v) is 36.5. The van der Waals surface area contributed by atoms with Crippen molar-refractivity contribution in [3.63, 3.8) is 0 Å². The summed E-state index contributed by atoms with van der Waals surface area (Å²) in [6.45, 7) is 0. The fourth-order valence-corrected chi connectivity index (χ4v) is 18.5. The maximum Gasteiger partial charge on any atom is 0.235 e. The summed E-state index contributed by atoms with van der Waals surface area (Å²) < 4.78 is 16.6. The molecule has 0 saturated heterocycles. The number of aromatic nitrogens is 8. The van der Waals surface area contributed by atoms with E-state index in [1.54, 1.807) is 0 Å². The summed E-state index contributed by atoms with van der Waals surface area (Å²) in [5.74, 6) is 1.92. The molecule has 9 heterocycles. The lowest BCUT2D eigenvalue weighted by Gasteiger charge is -2.13. The molecule has 16 aromatic carbocycles. The molecule has 0 aliphatic heterocycles. The summed E-state index contributed by atoms with van der Waals surface area (Å²) in [5.41, 5.74) is 23.9. The predicted molar refractivity (Wildman–Crippen MR) is 443 cm³/mol. The van der Waals surface area contributed by atoms with Crippen molar-refractivity contribution in [3.05, 3.63) is 328 Å². The minimum Gasteiger partial charge on any atom is -0.450 e. The van der Waals surface area contributed by atoms with E-state index in [1.807, 2.05) is 12.1 Å². The zero-order valence-corrected chi connectivity index (χ0v) is 57.2. The molecule has 9 heteroatoms. The summed E-state index contributed by atoms with van der Waals surface area (Å²) in [5, 5.41) is 21.0. The highest BCUT2D eigenvalue weighted by Gasteiger charge is 2.30. The summed E-state index contributed by atoms with van der Waals surface area (Å²) >= 11 is 0. The average molecular weight is 1360 g/mol. The van der Waals surface area contributed by atoms with Crippen molar-refractivity contribution in [1.82, 2.24) is 37.9 Å². The van der Waals surface area contributed by atoms with Crippen molar-refractivity contribution in [2.75, 3.05) is 0 Å². The zero-order valence-electron chi connectivity index (χ0n) is 57.2. The topological polar surface area (TPSA) is 83.4 Å². The van der Waals surface area contributed by atoms with Gasteiger partial charge < -0.3 is 13.2 Å². The van der Waals surface area contributed by atoms with Gasteiger partial charge >= 0.3 is 0 Å². The van der Waals surface area contributed by atoms with E-state index in [2.05, 4.69) is 333 Å². The molecule has 0 N–H and O–H groups in total. The number of fused-ring (bicyclic) bond motifs is 27. The van der Waals surface area contributed by atoms with E-state index >= 15 is 0 Å². The lowest BCUT2D eigenvalue weighted by molar-refractivity contribution is 0.662. The van der Waals surface area contributed by atoms with Crippen LogP contribution >= 0.6 is 0 Å². The molecule has 0 atom stereocenters. The van der Waals surface area contributed by atoms with Crippen molar-refractivity contribution in [2.45, 2.75) is 0 Å². The smallest absolute Gasteiger partial charge is 0.235 e. The Morgan fingerprint density at radius 1 is 0.243 bits per heavy atom. The predicted octanol–water partition coefficient (Wildman–Crippen LogP) is 25.5. The van der Waals surface area contributed by atoms with Crippen LogP contribution in [-0.2, 0) is 0 Å². The molecule has 0 fully saturated rings. The highest BCUT2D eigenvalue weighted by molar-refractivity contribution is 6.38. The van der Waals surface area contributed by atoms with E-state index < -0.39 is 0 Å². The van der Waals surface area contributed by atoms with E-state index in [0.717, 1.165) is 110 Å². The number of para-hydroxylation sites is 6. The van der Waals surface area contributed by atoms with E-state index in [0.29, 0.717) is 23.2 Å². The van der Waals surface area contributed by atoms with Crippen LogP contribution < -0.4 is 0 Å². The van der Waals surface area contributed by atoms with Crippen LogP contribution in [-0.4, -0.2) is 37.9 Å². The molecule has 107 heavy (non-hydrogen) atoms. The molecular formula is C98H54N8O. The Morgan fingerprint density at radius 3 is 1.33 bits per heavy atom. The normalized spacial score (nSPS) is 12.5. The third-order valence-electron chi connectivity index (χ3n) is 23.2. The van der Waals surface area contributed by atoms with Crippen molar-refractivity contribution in [1.29, 1.82) is 0 Å². The minimum absolute atomic E-state index is 0.608. The number of furan rings is 1. The Morgan fingerprint density at radius 2 is 0.692 bits per heavy atom. The quantitative estimate of drug-likeness (QED) is 0.149. The molecule has 9 aromatic heterocycles. The maximum atomic E-state index is 6.98. The van der Waals surface area contributed by atoms with E-state index in [1.165, 1.54) is 109 Å². The van der Waals surface area contributed by atoms with Crippen LogP contribution in [0, 0.1) is 0 Å². The number of benzene rings is 16. The first-order valence-electron chi connectivity index (χ1n) is 36.5. The first-order chi connectivity index (χ1) is 53.1. The molecule has 25 aromatic rings. The summed E-state index contributed by atoms with van der Waals surface area (Å²) in [6, 6.07) is 119. The van der Waals surface area contributed by atoms with Gasteiger partial charge in [-0.15, -0.1) is 0 Å². The van der Waals surface area contributed by atoms with Gasteiger partial charge in [0.25, 0.3) is 0 Å². The van der Waals surface area contributed by atoms with Gasteiger partial charge in [0, 0.05) is 86.5 Å². The van der Waals surface area contributed by atoms with Crippen molar-refractivity contribution < 1.29 is 4.42 Å². The van der Waals surface area contributed by atoms with Gasteiger partial charge in [-0.25, -0.2) is 19.9 Å².